The molecule has 1 fully saturated rings. The summed E-state index contributed by atoms with van der Waals surface area (Å²) in [6.07, 6.45) is 4.22. The zero-order valence-electron chi connectivity index (χ0n) is 11.7. The Hall–Kier alpha value is -1.09. The van der Waals surface area contributed by atoms with Crippen LogP contribution in [0.5, 0.6) is 0 Å². The van der Waals surface area contributed by atoms with Crippen molar-refractivity contribution in [1.29, 1.82) is 0 Å². The zero-order chi connectivity index (χ0) is 13.2. The predicted molar refractivity (Wildman–Crippen MR) is 73.7 cm³/mol. The molecule has 0 aliphatic carbocycles. The molecule has 0 radical (unpaired) electrons. The van der Waals surface area contributed by atoms with Gasteiger partial charge in [0, 0.05) is 6.20 Å². The molecule has 1 N–H and O–H groups in total. The van der Waals surface area contributed by atoms with Crippen LogP contribution in [-0.4, -0.2) is 35.3 Å². The predicted octanol–water partition coefficient (Wildman–Crippen LogP) is 2.96. The van der Waals surface area contributed by atoms with Crippen LogP contribution < -0.4 is 0 Å². The number of likely N-dealkylation sites (tertiary alicyclic amines) is 1. The van der Waals surface area contributed by atoms with Crippen molar-refractivity contribution >= 4 is 5.78 Å². The number of rotatable bonds is 3. The Kier molecular flexibility index (Phi) is 3.91. The van der Waals surface area contributed by atoms with Crippen LogP contribution in [0.25, 0.3) is 0 Å². The van der Waals surface area contributed by atoms with Crippen molar-refractivity contribution in [2.45, 2.75) is 33.6 Å². The highest BCUT2D eigenvalue weighted by Crippen LogP contribution is 2.34. The molecule has 0 bridgehead atoms. The maximum Gasteiger partial charge on any atom is 0.192 e. The Bertz CT molecular complexity index is 381. The fourth-order valence-electron chi connectivity index (χ4n) is 2.75. The summed E-state index contributed by atoms with van der Waals surface area (Å²) in [6.45, 7) is 9.60. The Morgan fingerprint density at radius 1 is 1.39 bits per heavy atom. The maximum absolute atomic E-state index is 12.0. The number of Topliss-reactive ketones (excluding diaryl/α,β-unsaturated/α-hetero) is 1. The van der Waals surface area contributed by atoms with E-state index in [0.717, 1.165) is 24.7 Å². The average Bonchev–Trinajstić information content (AvgIpc) is 2.82. The molecule has 3 heteroatoms. The van der Waals surface area contributed by atoms with Gasteiger partial charge in [-0.1, -0.05) is 20.8 Å². The lowest BCUT2D eigenvalue weighted by Crippen LogP contribution is -2.40. The highest BCUT2D eigenvalue weighted by Gasteiger charge is 2.29. The number of aromatic amines is 1. The summed E-state index contributed by atoms with van der Waals surface area (Å²) in [5, 5.41) is 0. The van der Waals surface area contributed by atoms with Crippen molar-refractivity contribution in [1.82, 2.24) is 9.88 Å². The molecule has 1 aromatic rings. The first kappa shape index (κ1) is 13.3. The molecule has 1 aliphatic heterocycles. The second-order valence-electron chi connectivity index (χ2n) is 6.42. The van der Waals surface area contributed by atoms with Gasteiger partial charge in [0.2, 0.25) is 0 Å². The highest BCUT2D eigenvalue weighted by atomic mass is 16.1. The molecule has 0 aromatic carbocycles. The molecule has 0 unspecified atom stereocenters. The third-order valence-electron chi connectivity index (χ3n) is 4.08. The van der Waals surface area contributed by atoms with Crippen LogP contribution in [0, 0.1) is 11.3 Å². The largest absolute Gasteiger partial charge is 0.359 e. The lowest BCUT2D eigenvalue weighted by molar-refractivity contribution is 0.0818. The van der Waals surface area contributed by atoms with Gasteiger partial charge < -0.3 is 4.98 Å². The fraction of sp³-hybridized carbons (Fsp3) is 0.667. The molecule has 1 aromatic heterocycles. The van der Waals surface area contributed by atoms with E-state index in [1.165, 1.54) is 12.8 Å². The summed E-state index contributed by atoms with van der Waals surface area (Å²) >= 11 is 0. The topological polar surface area (TPSA) is 36.1 Å². The minimum atomic E-state index is 0.203. The number of aromatic nitrogens is 1. The van der Waals surface area contributed by atoms with E-state index >= 15 is 0 Å². The van der Waals surface area contributed by atoms with Crippen LogP contribution in [0.3, 0.4) is 0 Å². The monoisotopic (exact) mass is 248 g/mol. The Morgan fingerprint density at radius 2 is 2.06 bits per heavy atom. The fourth-order valence-corrected chi connectivity index (χ4v) is 2.75. The Balaban J connectivity index is 1.82. The normalized spacial score (nSPS) is 19.1. The van der Waals surface area contributed by atoms with E-state index in [9.17, 15) is 4.79 Å². The summed E-state index contributed by atoms with van der Waals surface area (Å²) in [7, 11) is 0. The molecule has 0 spiro atoms. The second kappa shape index (κ2) is 5.27. The van der Waals surface area contributed by atoms with Crippen molar-refractivity contribution in [3.63, 3.8) is 0 Å². The standard InChI is InChI=1S/C15H24N2O/c1-15(2,3)12-6-9-17(10-7-12)11-14(18)13-5-4-8-16-13/h4-5,8,12,16H,6-7,9-11H2,1-3H3. The molecular formula is C15H24N2O. The van der Waals surface area contributed by atoms with Crippen molar-refractivity contribution in [3.8, 4) is 0 Å². The van der Waals surface area contributed by atoms with E-state index in [4.69, 9.17) is 0 Å². The first-order chi connectivity index (χ1) is 8.47. The quantitative estimate of drug-likeness (QED) is 0.835. The van der Waals surface area contributed by atoms with Gasteiger partial charge in [-0.3, -0.25) is 9.69 Å². The minimum Gasteiger partial charge on any atom is -0.359 e. The van der Waals surface area contributed by atoms with Gasteiger partial charge in [0.15, 0.2) is 5.78 Å². The summed E-state index contributed by atoms with van der Waals surface area (Å²) in [6, 6.07) is 3.73. The molecule has 0 amide bonds. The molecular weight excluding hydrogens is 224 g/mol. The van der Waals surface area contributed by atoms with Crippen LogP contribution in [0.4, 0.5) is 0 Å². The number of nitrogens with one attached hydrogen (secondary N) is 1. The lowest BCUT2D eigenvalue weighted by atomic mass is 9.75. The van der Waals surface area contributed by atoms with Crippen molar-refractivity contribution in [2.75, 3.05) is 19.6 Å². The number of piperidine rings is 1. The van der Waals surface area contributed by atoms with E-state index in [1.54, 1.807) is 6.20 Å². The van der Waals surface area contributed by atoms with Crippen LogP contribution in [0.2, 0.25) is 0 Å². The van der Waals surface area contributed by atoms with Gasteiger partial charge in [-0.15, -0.1) is 0 Å². The van der Waals surface area contributed by atoms with Crippen LogP contribution in [0.15, 0.2) is 18.3 Å². The SMILES string of the molecule is CC(C)(C)C1CCN(CC(=O)c2ccc[nH]2)CC1. The van der Waals surface area contributed by atoms with Crippen molar-refractivity contribution in [2.24, 2.45) is 11.3 Å². The van der Waals surface area contributed by atoms with E-state index in [-0.39, 0.29) is 5.78 Å². The van der Waals surface area contributed by atoms with Crippen LogP contribution in [-0.2, 0) is 0 Å². The van der Waals surface area contributed by atoms with Gasteiger partial charge in [0.05, 0.1) is 12.2 Å². The number of hydrogen-bond donors (Lipinski definition) is 1. The third-order valence-corrected chi connectivity index (χ3v) is 4.08. The molecule has 0 atom stereocenters. The molecule has 2 rings (SSSR count). The highest BCUT2D eigenvalue weighted by molar-refractivity contribution is 5.95. The summed E-state index contributed by atoms with van der Waals surface area (Å²) in [5.41, 5.74) is 1.13. The molecule has 1 aliphatic rings. The second-order valence-corrected chi connectivity index (χ2v) is 6.42. The van der Waals surface area contributed by atoms with Crippen LogP contribution >= 0.6 is 0 Å². The smallest absolute Gasteiger partial charge is 0.192 e. The number of carbonyl (C=O) groups is 1. The Labute approximate surface area is 110 Å². The van der Waals surface area contributed by atoms with Gasteiger partial charge in [-0.2, -0.15) is 0 Å². The molecule has 3 nitrogen and oxygen atoms in total. The van der Waals surface area contributed by atoms with Crippen molar-refractivity contribution in [3.05, 3.63) is 24.0 Å². The number of hydrogen-bond acceptors (Lipinski definition) is 2. The molecule has 0 saturated carbocycles. The Morgan fingerprint density at radius 3 is 2.56 bits per heavy atom. The summed E-state index contributed by atoms with van der Waals surface area (Å²) in [5.74, 6) is 0.989. The molecule has 18 heavy (non-hydrogen) atoms. The van der Waals surface area contributed by atoms with Crippen molar-refractivity contribution < 1.29 is 4.79 Å². The third kappa shape index (κ3) is 3.22. The first-order valence-electron chi connectivity index (χ1n) is 6.86. The molecule has 2 heterocycles. The minimum absolute atomic E-state index is 0.203. The number of ketones is 1. The number of nitrogens with zero attached hydrogens (tertiary/aromatic N) is 1. The van der Waals surface area contributed by atoms with Gasteiger partial charge in [-0.25, -0.2) is 0 Å². The maximum atomic E-state index is 12.0. The number of carbonyl (C=O) groups excluding carboxylic acids is 1. The molecule has 100 valence electrons. The lowest BCUT2D eigenvalue weighted by Gasteiger charge is -2.38. The van der Waals surface area contributed by atoms with E-state index in [0.29, 0.717) is 12.0 Å². The molecule has 1 saturated heterocycles. The van der Waals surface area contributed by atoms with E-state index < -0.39 is 0 Å². The van der Waals surface area contributed by atoms with Gasteiger partial charge in [0.1, 0.15) is 0 Å². The number of H-pyrrole nitrogens is 1. The van der Waals surface area contributed by atoms with E-state index in [1.807, 2.05) is 12.1 Å². The van der Waals surface area contributed by atoms with Gasteiger partial charge in [0.25, 0.3) is 0 Å². The van der Waals surface area contributed by atoms with Crippen LogP contribution in [0.1, 0.15) is 44.1 Å². The average molecular weight is 248 g/mol. The zero-order valence-corrected chi connectivity index (χ0v) is 11.7. The summed E-state index contributed by atoms with van der Waals surface area (Å²) in [4.78, 5) is 17.2. The first-order valence-corrected chi connectivity index (χ1v) is 6.86. The van der Waals surface area contributed by atoms with Gasteiger partial charge in [-0.05, 0) is 49.4 Å². The van der Waals surface area contributed by atoms with E-state index in [2.05, 4.69) is 30.7 Å². The van der Waals surface area contributed by atoms with Gasteiger partial charge >= 0.3 is 0 Å². The summed E-state index contributed by atoms with van der Waals surface area (Å²) < 4.78 is 0.